The van der Waals surface area contributed by atoms with Gasteiger partial charge in [-0.25, -0.2) is 4.68 Å². The molecule has 2 N–H and O–H groups in total. The second-order valence-corrected chi connectivity index (χ2v) is 7.00. The summed E-state index contributed by atoms with van der Waals surface area (Å²) in [7, 11) is 0. The maximum atomic E-state index is 11.9. The summed E-state index contributed by atoms with van der Waals surface area (Å²) in [5.41, 5.74) is 6.29. The van der Waals surface area contributed by atoms with Crippen molar-refractivity contribution in [3.05, 3.63) is 58.1 Å². The van der Waals surface area contributed by atoms with E-state index in [1.165, 1.54) is 0 Å². The molecule has 1 aromatic heterocycles. The molecule has 0 bridgehead atoms. The fraction of sp³-hybridized carbons (Fsp3) is 0.381. The second-order valence-electron chi connectivity index (χ2n) is 7.00. The maximum absolute atomic E-state index is 11.9. The predicted octanol–water partition coefficient (Wildman–Crippen LogP) is 3.41. The fourth-order valence-corrected chi connectivity index (χ4v) is 3.69. The lowest BCUT2D eigenvalue weighted by atomic mass is 9.79. The van der Waals surface area contributed by atoms with Crippen LogP contribution in [0.4, 0.5) is 0 Å². The third-order valence-corrected chi connectivity index (χ3v) is 5.41. The van der Waals surface area contributed by atoms with Crippen LogP contribution in [-0.4, -0.2) is 31.2 Å². The van der Waals surface area contributed by atoms with Crippen molar-refractivity contribution in [2.45, 2.75) is 46.8 Å². The van der Waals surface area contributed by atoms with E-state index in [1.54, 1.807) is 6.92 Å². The van der Waals surface area contributed by atoms with Crippen molar-refractivity contribution in [1.82, 2.24) is 15.0 Å². The van der Waals surface area contributed by atoms with Crippen molar-refractivity contribution < 1.29 is 15.0 Å². The van der Waals surface area contributed by atoms with E-state index >= 15 is 0 Å². The van der Waals surface area contributed by atoms with Crippen molar-refractivity contribution in [3.8, 4) is 0 Å². The van der Waals surface area contributed by atoms with E-state index in [0.29, 0.717) is 0 Å². The van der Waals surface area contributed by atoms with Gasteiger partial charge in [-0.3, -0.25) is 4.79 Å². The molecule has 1 heterocycles. The number of carbonyl (C=O) groups is 1. The molecule has 6 nitrogen and oxygen atoms in total. The van der Waals surface area contributed by atoms with Gasteiger partial charge in [-0.2, -0.15) is 0 Å². The van der Waals surface area contributed by atoms with Gasteiger partial charge in [-0.05, 0) is 54.7 Å². The zero-order chi connectivity index (χ0) is 19.7. The van der Waals surface area contributed by atoms with Gasteiger partial charge in [-0.1, -0.05) is 36.4 Å². The molecular weight excluding hydrogens is 342 g/mol. The fourth-order valence-electron chi connectivity index (χ4n) is 3.69. The summed E-state index contributed by atoms with van der Waals surface area (Å²) in [6.07, 6.45) is 0. The Hall–Kier alpha value is -2.73. The van der Waals surface area contributed by atoms with Crippen LogP contribution in [0.15, 0.2) is 30.3 Å². The van der Waals surface area contributed by atoms with E-state index in [0.717, 1.165) is 45.4 Å². The molecule has 27 heavy (non-hydrogen) atoms. The minimum atomic E-state index is -0.858. The first-order valence-corrected chi connectivity index (χ1v) is 9.14. The van der Waals surface area contributed by atoms with Crippen LogP contribution in [0.5, 0.6) is 0 Å². The average Bonchev–Trinajstić information content (AvgIpc) is 3.08. The molecule has 0 saturated heterocycles. The molecule has 0 aliphatic rings. The highest BCUT2D eigenvalue weighted by molar-refractivity contribution is 5.80. The summed E-state index contributed by atoms with van der Waals surface area (Å²) in [6.45, 7) is 8.28. The monoisotopic (exact) mass is 367 g/mol. The average molecular weight is 367 g/mol. The number of benzene rings is 2. The Kier molecular flexibility index (Phi) is 5.28. The zero-order valence-corrected chi connectivity index (χ0v) is 16.1. The predicted molar refractivity (Wildman–Crippen MR) is 104 cm³/mol. The smallest absolute Gasteiger partial charge is 0.307 e. The van der Waals surface area contributed by atoms with Gasteiger partial charge in [0, 0.05) is 12.5 Å². The first kappa shape index (κ1) is 19.0. The Bertz CT molecular complexity index is 994. The molecule has 6 heteroatoms. The number of aliphatic hydroxyl groups is 1. The van der Waals surface area contributed by atoms with Gasteiger partial charge >= 0.3 is 5.97 Å². The highest BCUT2D eigenvalue weighted by Gasteiger charge is 2.29. The minimum absolute atomic E-state index is 0.0727. The number of aromatic nitrogens is 3. The molecular formula is C21H25N3O3. The third-order valence-electron chi connectivity index (χ3n) is 5.41. The van der Waals surface area contributed by atoms with Gasteiger partial charge in [0.15, 0.2) is 0 Å². The largest absolute Gasteiger partial charge is 0.481 e. The molecule has 2 atom stereocenters. The number of carboxylic acid groups (broad SMARTS) is 1. The lowest BCUT2D eigenvalue weighted by Crippen LogP contribution is -2.21. The Morgan fingerprint density at radius 2 is 1.96 bits per heavy atom. The molecule has 2 aromatic carbocycles. The summed E-state index contributed by atoms with van der Waals surface area (Å²) in [5.74, 6) is -1.83. The maximum Gasteiger partial charge on any atom is 0.307 e. The van der Waals surface area contributed by atoms with E-state index in [1.807, 2.05) is 55.8 Å². The Morgan fingerprint density at radius 1 is 1.22 bits per heavy atom. The van der Waals surface area contributed by atoms with E-state index in [-0.39, 0.29) is 12.5 Å². The molecule has 3 rings (SSSR count). The molecule has 0 spiro atoms. The number of fused-ring (bicyclic) bond motifs is 1. The molecule has 0 saturated carbocycles. The van der Waals surface area contributed by atoms with E-state index in [4.69, 9.17) is 0 Å². The van der Waals surface area contributed by atoms with Gasteiger partial charge < -0.3 is 10.2 Å². The van der Waals surface area contributed by atoms with Gasteiger partial charge in [0.05, 0.1) is 18.0 Å². The summed E-state index contributed by atoms with van der Waals surface area (Å²) in [6, 6.07) is 9.74. The topological polar surface area (TPSA) is 88.2 Å². The lowest BCUT2D eigenvalue weighted by molar-refractivity contribution is -0.141. The first-order valence-electron chi connectivity index (χ1n) is 9.14. The normalized spacial score (nSPS) is 13.7. The van der Waals surface area contributed by atoms with E-state index in [9.17, 15) is 15.0 Å². The van der Waals surface area contributed by atoms with E-state index in [2.05, 4.69) is 10.3 Å². The highest BCUT2D eigenvalue weighted by Crippen LogP contribution is 2.37. The molecule has 0 fully saturated rings. The van der Waals surface area contributed by atoms with Crippen molar-refractivity contribution in [2.75, 3.05) is 0 Å². The number of carboxylic acids is 1. The number of aliphatic hydroxyl groups excluding tert-OH is 1. The van der Waals surface area contributed by atoms with Gasteiger partial charge in [0.25, 0.3) is 0 Å². The quantitative estimate of drug-likeness (QED) is 0.697. The molecule has 0 radical (unpaired) electrons. The van der Waals surface area contributed by atoms with Crippen LogP contribution in [-0.2, 0) is 17.9 Å². The standard InChI is InChI=1S/C21H25N3O3/c1-5-24-18-9-8-17(13(3)20(18)22-23-24)19(14(4)21(26)27)15-7-6-12(2)16(10-15)11-25/h6-10,14,19,25H,5,11H2,1-4H3,(H,26,27). The number of hydrogen-bond donors (Lipinski definition) is 2. The summed E-state index contributed by atoms with van der Waals surface area (Å²) < 4.78 is 1.83. The Morgan fingerprint density at radius 3 is 2.59 bits per heavy atom. The van der Waals surface area contributed by atoms with Crippen LogP contribution >= 0.6 is 0 Å². The van der Waals surface area contributed by atoms with E-state index < -0.39 is 11.9 Å². The Balaban J connectivity index is 2.21. The van der Waals surface area contributed by atoms with Crippen LogP contribution < -0.4 is 0 Å². The summed E-state index contributed by atoms with van der Waals surface area (Å²) in [5, 5.41) is 27.8. The van der Waals surface area contributed by atoms with Crippen molar-refractivity contribution in [1.29, 1.82) is 0 Å². The zero-order valence-electron chi connectivity index (χ0n) is 16.1. The summed E-state index contributed by atoms with van der Waals surface area (Å²) in [4.78, 5) is 11.9. The van der Waals surface area contributed by atoms with Gasteiger partial charge in [0.1, 0.15) is 5.52 Å². The number of aliphatic carboxylic acids is 1. The third kappa shape index (κ3) is 3.32. The number of hydrogen-bond acceptors (Lipinski definition) is 4. The van der Waals surface area contributed by atoms with Crippen molar-refractivity contribution >= 4 is 17.0 Å². The van der Waals surface area contributed by atoms with Crippen molar-refractivity contribution in [3.63, 3.8) is 0 Å². The van der Waals surface area contributed by atoms with Crippen LogP contribution in [0, 0.1) is 19.8 Å². The van der Waals surface area contributed by atoms with Gasteiger partial charge in [-0.15, -0.1) is 5.10 Å². The minimum Gasteiger partial charge on any atom is -0.481 e. The van der Waals surface area contributed by atoms with Crippen LogP contribution in [0.1, 0.15) is 47.6 Å². The second kappa shape index (κ2) is 7.48. The van der Waals surface area contributed by atoms with Gasteiger partial charge in [0.2, 0.25) is 0 Å². The van der Waals surface area contributed by atoms with Crippen LogP contribution in [0.2, 0.25) is 0 Å². The lowest BCUT2D eigenvalue weighted by Gasteiger charge is -2.25. The molecule has 3 aromatic rings. The van der Waals surface area contributed by atoms with Crippen LogP contribution in [0.25, 0.3) is 11.0 Å². The van der Waals surface area contributed by atoms with Crippen LogP contribution in [0.3, 0.4) is 0 Å². The van der Waals surface area contributed by atoms with Crippen molar-refractivity contribution in [2.24, 2.45) is 5.92 Å². The number of nitrogens with zero attached hydrogens (tertiary/aromatic N) is 3. The molecule has 0 aliphatic heterocycles. The Labute approximate surface area is 158 Å². The number of rotatable bonds is 6. The summed E-state index contributed by atoms with van der Waals surface area (Å²) >= 11 is 0. The number of aryl methyl sites for hydroxylation is 3. The molecule has 2 unspecified atom stereocenters. The SMILES string of the molecule is CCn1nnc2c(C)c(C(c3ccc(C)c(CO)c3)C(C)C(=O)O)ccc21. The molecule has 0 aliphatic carbocycles. The first-order chi connectivity index (χ1) is 12.9. The molecule has 0 amide bonds. The highest BCUT2D eigenvalue weighted by atomic mass is 16.4. The molecule has 142 valence electrons.